The van der Waals surface area contributed by atoms with Gasteiger partial charge < -0.3 is 30.0 Å². The van der Waals surface area contributed by atoms with Crippen molar-refractivity contribution < 1.29 is 28.9 Å². The Morgan fingerprint density at radius 2 is 1.54 bits per heavy atom. The Labute approximate surface area is 274 Å². The minimum atomic E-state index is -0.561. The Morgan fingerprint density at radius 1 is 0.848 bits per heavy atom. The summed E-state index contributed by atoms with van der Waals surface area (Å²) in [5.41, 5.74) is 5.74. The zero-order chi connectivity index (χ0) is 32.3. The highest BCUT2D eigenvalue weighted by Crippen LogP contribution is 2.43. The lowest BCUT2D eigenvalue weighted by atomic mass is 9.91. The van der Waals surface area contributed by atoms with E-state index in [1.54, 1.807) is 18.7 Å². The first-order valence-corrected chi connectivity index (χ1v) is 16.5. The molecule has 1 fully saturated rings. The smallest absolute Gasteiger partial charge is 0.325 e. The van der Waals surface area contributed by atoms with Crippen LogP contribution in [0.3, 0.4) is 0 Å². The maximum atomic E-state index is 12.3. The van der Waals surface area contributed by atoms with E-state index in [-0.39, 0.29) is 44.4 Å². The Kier molecular flexibility index (Phi) is 11.9. The predicted octanol–water partition coefficient (Wildman–Crippen LogP) is 6.79. The summed E-state index contributed by atoms with van der Waals surface area (Å²) in [5.74, 6) is 0.397. The van der Waals surface area contributed by atoms with Crippen molar-refractivity contribution >= 4 is 23.8 Å². The van der Waals surface area contributed by atoms with E-state index < -0.39 is 18.3 Å². The van der Waals surface area contributed by atoms with Crippen LogP contribution in [0.2, 0.25) is 0 Å². The summed E-state index contributed by atoms with van der Waals surface area (Å²) in [7, 11) is 0. The number of carbonyl (C=O) groups is 2. The lowest BCUT2D eigenvalue weighted by Crippen LogP contribution is -2.38. The van der Waals surface area contributed by atoms with Crippen LogP contribution in [0.4, 0.5) is 4.79 Å². The van der Waals surface area contributed by atoms with E-state index in [4.69, 9.17) is 14.2 Å². The Bertz CT molecular complexity index is 1570. The third kappa shape index (κ3) is 8.76. The number of rotatable bonds is 12. The summed E-state index contributed by atoms with van der Waals surface area (Å²) in [6, 6.07) is 33.8. The standard InChI is InChI=1S/C37H40N2O6S/c1-3-43-34(41)22-39-37(42)38-21-30-9-7-8-12-32(30)27-17-19-29(20-18-27)36-44-33(24-46-31-10-5-4-6-11-31)25(2)35(45-36)28-15-13-26(23-40)14-16-28/h4-20,25,33,35-36,40H,3,21-24H2,1-2H3,(H2,38,39,42). The third-order valence-corrected chi connectivity index (χ3v) is 9.03. The van der Waals surface area contributed by atoms with Gasteiger partial charge in [0.25, 0.3) is 0 Å². The Hall–Kier alpha value is -4.15. The summed E-state index contributed by atoms with van der Waals surface area (Å²) in [5, 5.41) is 14.9. The minimum absolute atomic E-state index is 0.00233. The van der Waals surface area contributed by atoms with Crippen LogP contribution in [0.5, 0.6) is 0 Å². The van der Waals surface area contributed by atoms with Gasteiger partial charge in [0.05, 0.1) is 25.4 Å². The van der Waals surface area contributed by atoms with Gasteiger partial charge in [-0.3, -0.25) is 4.79 Å². The van der Waals surface area contributed by atoms with Crippen molar-refractivity contribution in [1.82, 2.24) is 10.6 Å². The molecule has 1 aliphatic heterocycles. The molecule has 0 aliphatic carbocycles. The van der Waals surface area contributed by atoms with Crippen LogP contribution in [-0.2, 0) is 32.2 Å². The molecule has 4 aromatic rings. The van der Waals surface area contributed by atoms with E-state index in [9.17, 15) is 14.7 Å². The SMILES string of the molecule is CCOC(=O)CNC(=O)NCc1ccccc1-c1ccc(C2OC(CSc3ccccc3)C(C)C(c3ccc(CO)cc3)O2)cc1. The molecule has 1 saturated heterocycles. The highest BCUT2D eigenvalue weighted by Gasteiger charge is 2.38. The number of hydrogen-bond donors (Lipinski definition) is 3. The van der Waals surface area contributed by atoms with Crippen molar-refractivity contribution in [3.63, 3.8) is 0 Å². The molecule has 5 rings (SSSR count). The molecule has 240 valence electrons. The zero-order valence-corrected chi connectivity index (χ0v) is 26.9. The fraction of sp³-hybridized carbons (Fsp3) is 0.297. The van der Waals surface area contributed by atoms with E-state index in [2.05, 4.69) is 29.7 Å². The van der Waals surface area contributed by atoms with Gasteiger partial charge in [-0.05, 0) is 46.9 Å². The van der Waals surface area contributed by atoms with Crippen LogP contribution in [-0.4, -0.2) is 42.1 Å². The maximum absolute atomic E-state index is 12.3. The molecule has 3 N–H and O–H groups in total. The number of amides is 2. The number of ether oxygens (including phenoxy) is 3. The Balaban J connectivity index is 1.31. The quantitative estimate of drug-likeness (QED) is 0.116. The van der Waals surface area contributed by atoms with E-state index in [1.807, 2.05) is 91.0 Å². The fourth-order valence-electron chi connectivity index (χ4n) is 5.38. The van der Waals surface area contributed by atoms with Crippen LogP contribution in [0.1, 0.15) is 48.5 Å². The summed E-state index contributed by atoms with van der Waals surface area (Å²) >= 11 is 1.77. The van der Waals surface area contributed by atoms with Crippen molar-refractivity contribution in [2.45, 2.75) is 50.4 Å². The van der Waals surface area contributed by atoms with Crippen molar-refractivity contribution in [3.8, 4) is 11.1 Å². The molecule has 4 aromatic carbocycles. The number of aliphatic hydroxyl groups excluding tert-OH is 1. The molecule has 8 nitrogen and oxygen atoms in total. The second-order valence-electron chi connectivity index (χ2n) is 11.1. The van der Waals surface area contributed by atoms with Gasteiger partial charge in [0, 0.05) is 28.7 Å². The van der Waals surface area contributed by atoms with Gasteiger partial charge in [-0.25, -0.2) is 4.79 Å². The molecule has 1 heterocycles. The monoisotopic (exact) mass is 640 g/mol. The average Bonchev–Trinajstić information content (AvgIpc) is 3.10. The van der Waals surface area contributed by atoms with Crippen LogP contribution >= 0.6 is 11.8 Å². The summed E-state index contributed by atoms with van der Waals surface area (Å²) < 4.78 is 18.1. The second kappa shape index (κ2) is 16.4. The zero-order valence-electron chi connectivity index (χ0n) is 26.1. The second-order valence-corrected chi connectivity index (χ2v) is 12.2. The average molecular weight is 641 g/mol. The molecule has 4 unspecified atom stereocenters. The minimum Gasteiger partial charge on any atom is -0.465 e. The Morgan fingerprint density at radius 3 is 2.26 bits per heavy atom. The summed E-state index contributed by atoms with van der Waals surface area (Å²) in [4.78, 5) is 25.0. The molecular formula is C37H40N2O6S. The summed E-state index contributed by atoms with van der Waals surface area (Å²) in [6.07, 6.45) is -0.809. The number of nitrogens with one attached hydrogen (secondary N) is 2. The van der Waals surface area contributed by atoms with Gasteiger partial charge in [-0.1, -0.05) is 97.9 Å². The highest BCUT2D eigenvalue weighted by molar-refractivity contribution is 7.99. The first-order chi connectivity index (χ1) is 22.4. The van der Waals surface area contributed by atoms with Crippen LogP contribution in [0.15, 0.2) is 108 Å². The maximum Gasteiger partial charge on any atom is 0.325 e. The largest absolute Gasteiger partial charge is 0.465 e. The third-order valence-electron chi connectivity index (χ3n) is 7.93. The van der Waals surface area contributed by atoms with Crippen molar-refractivity contribution in [2.75, 3.05) is 18.9 Å². The highest BCUT2D eigenvalue weighted by atomic mass is 32.2. The number of urea groups is 1. The summed E-state index contributed by atoms with van der Waals surface area (Å²) in [6.45, 7) is 4.25. The van der Waals surface area contributed by atoms with Gasteiger partial charge in [-0.15, -0.1) is 11.8 Å². The predicted molar refractivity (Wildman–Crippen MR) is 179 cm³/mol. The molecule has 2 amide bonds. The first kappa shape index (κ1) is 33.2. The molecular weight excluding hydrogens is 600 g/mol. The van der Waals surface area contributed by atoms with Gasteiger partial charge in [-0.2, -0.15) is 0 Å². The molecule has 46 heavy (non-hydrogen) atoms. The van der Waals surface area contributed by atoms with Gasteiger partial charge in [0.15, 0.2) is 6.29 Å². The molecule has 4 atom stereocenters. The normalized spacial score (nSPS) is 19.3. The molecule has 0 radical (unpaired) electrons. The van der Waals surface area contributed by atoms with Crippen LogP contribution in [0, 0.1) is 5.92 Å². The van der Waals surface area contributed by atoms with Crippen LogP contribution in [0.25, 0.3) is 11.1 Å². The van der Waals surface area contributed by atoms with Crippen molar-refractivity contribution in [1.29, 1.82) is 0 Å². The number of carbonyl (C=O) groups excluding carboxylic acids is 2. The van der Waals surface area contributed by atoms with E-state index >= 15 is 0 Å². The van der Waals surface area contributed by atoms with E-state index in [0.717, 1.165) is 39.1 Å². The molecule has 1 aliphatic rings. The van der Waals surface area contributed by atoms with Crippen LogP contribution < -0.4 is 10.6 Å². The van der Waals surface area contributed by atoms with Gasteiger partial charge >= 0.3 is 12.0 Å². The first-order valence-electron chi connectivity index (χ1n) is 15.5. The lowest BCUT2D eigenvalue weighted by Gasteiger charge is -2.41. The van der Waals surface area contributed by atoms with Crippen molar-refractivity contribution in [3.05, 3.63) is 125 Å². The molecule has 9 heteroatoms. The molecule has 0 bridgehead atoms. The molecule has 0 spiro atoms. The number of aliphatic hydroxyl groups is 1. The number of hydrogen-bond acceptors (Lipinski definition) is 7. The molecule has 0 saturated carbocycles. The molecule has 0 aromatic heterocycles. The number of benzene rings is 4. The van der Waals surface area contributed by atoms with Crippen molar-refractivity contribution in [2.24, 2.45) is 5.92 Å². The van der Waals surface area contributed by atoms with Gasteiger partial charge in [0.1, 0.15) is 6.54 Å². The lowest BCUT2D eigenvalue weighted by molar-refractivity contribution is -0.268. The number of thioether (sulfide) groups is 1. The van der Waals surface area contributed by atoms with E-state index in [1.165, 1.54) is 4.90 Å². The fourth-order valence-corrected chi connectivity index (χ4v) is 6.47. The topological polar surface area (TPSA) is 106 Å². The number of esters is 1. The van der Waals surface area contributed by atoms with E-state index in [0.29, 0.717) is 0 Å². The van der Waals surface area contributed by atoms with Gasteiger partial charge in [0.2, 0.25) is 0 Å².